The quantitative estimate of drug-likeness (QED) is 0.815. The number of rotatable bonds is 6. The standard InChI is InChI=1S/C12H17NO3S/c1-9(17(2)16)7-8-13-11-5-3-10(4-6-11)12(14)15/h3-6,9,13H,7-8H2,1-2H3,(H,14,15). The molecule has 0 aliphatic rings. The van der Waals surface area contributed by atoms with Crippen molar-refractivity contribution >= 4 is 22.5 Å². The number of benzene rings is 1. The number of nitrogens with one attached hydrogen (secondary N) is 1. The first-order valence-electron chi connectivity index (χ1n) is 5.40. The summed E-state index contributed by atoms with van der Waals surface area (Å²) in [6.45, 7) is 2.68. The molecule has 5 heteroatoms. The molecule has 0 amide bonds. The van der Waals surface area contributed by atoms with Crippen molar-refractivity contribution in [3.63, 3.8) is 0 Å². The fourth-order valence-electron chi connectivity index (χ4n) is 1.32. The van der Waals surface area contributed by atoms with Crippen molar-refractivity contribution in [2.24, 2.45) is 0 Å². The minimum absolute atomic E-state index is 0.167. The summed E-state index contributed by atoms with van der Waals surface area (Å²) in [7, 11) is -0.796. The molecule has 1 aromatic carbocycles. The minimum atomic E-state index is -0.924. The van der Waals surface area contributed by atoms with E-state index in [-0.39, 0.29) is 10.8 Å². The van der Waals surface area contributed by atoms with E-state index in [0.717, 1.165) is 18.7 Å². The first-order valence-corrected chi connectivity index (χ1v) is 7.02. The van der Waals surface area contributed by atoms with Crippen molar-refractivity contribution in [1.29, 1.82) is 0 Å². The maximum absolute atomic E-state index is 11.1. The van der Waals surface area contributed by atoms with Crippen LogP contribution in [0.15, 0.2) is 24.3 Å². The summed E-state index contributed by atoms with van der Waals surface area (Å²) in [6.07, 6.45) is 2.52. The second-order valence-electron chi connectivity index (χ2n) is 3.91. The lowest BCUT2D eigenvalue weighted by Gasteiger charge is -2.10. The van der Waals surface area contributed by atoms with Crippen molar-refractivity contribution < 1.29 is 14.1 Å². The molecule has 0 aliphatic heterocycles. The molecule has 0 saturated carbocycles. The normalized spacial score (nSPS) is 14.0. The number of aromatic carboxylic acids is 1. The monoisotopic (exact) mass is 255 g/mol. The zero-order chi connectivity index (χ0) is 12.8. The van der Waals surface area contributed by atoms with E-state index in [2.05, 4.69) is 5.32 Å². The van der Waals surface area contributed by atoms with Gasteiger partial charge in [0.25, 0.3) is 0 Å². The number of anilines is 1. The predicted molar refractivity (Wildman–Crippen MR) is 70.0 cm³/mol. The van der Waals surface area contributed by atoms with Crippen LogP contribution in [0.4, 0.5) is 5.69 Å². The third-order valence-electron chi connectivity index (χ3n) is 2.58. The Bertz CT molecular complexity index is 403. The van der Waals surface area contributed by atoms with Gasteiger partial charge < -0.3 is 10.4 Å². The molecule has 2 atom stereocenters. The Hall–Kier alpha value is -1.36. The number of hydrogen-bond acceptors (Lipinski definition) is 3. The molecule has 1 rings (SSSR count). The van der Waals surface area contributed by atoms with Gasteiger partial charge in [0, 0.05) is 34.5 Å². The lowest BCUT2D eigenvalue weighted by Crippen LogP contribution is -2.14. The summed E-state index contributed by atoms with van der Waals surface area (Å²) < 4.78 is 11.1. The highest BCUT2D eigenvalue weighted by atomic mass is 32.2. The van der Waals surface area contributed by atoms with Gasteiger partial charge in [-0.15, -0.1) is 0 Å². The van der Waals surface area contributed by atoms with E-state index in [1.165, 1.54) is 0 Å². The van der Waals surface area contributed by atoms with Crippen LogP contribution in [0.25, 0.3) is 0 Å². The second-order valence-corrected chi connectivity index (χ2v) is 5.71. The average Bonchev–Trinajstić information content (AvgIpc) is 2.29. The highest BCUT2D eigenvalue weighted by Crippen LogP contribution is 2.10. The van der Waals surface area contributed by atoms with Gasteiger partial charge in [0.1, 0.15) is 0 Å². The van der Waals surface area contributed by atoms with Crippen molar-refractivity contribution in [2.45, 2.75) is 18.6 Å². The predicted octanol–water partition coefficient (Wildman–Crippen LogP) is 1.95. The fourth-order valence-corrected chi connectivity index (χ4v) is 1.77. The van der Waals surface area contributed by atoms with Gasteiger partial charge in [-0.1, -0.05) is 6.92 Å². The summed E-state index contributed by atoms with van der Waals surface area (Å²) in [6, 6.07) is 6.59. The summed E-state index contributed by atoms with van der Waals surface area (Å²) in [5.74, 6) is -0.924. The topological polar surface area (TPSA) is 66.4 Å². The van der Waals surface area contributed by atoms with Crippen molar-refractivity contribution in [1.82, 2.24) is 0 Å². The van der Waals surface area contributed by atoms with Crippen LogP contribution >= 0.6 is 0 Å². The first-order chi connectivity index (χ1) is 8.00. The third kappa shape index (κ3) is 4.56. The van der Waals surface area contributed by atoms with Crippen molar-refractivity contribution in [2.75, 3.05) is 18.1 Å². The molecule has 2 N–H and O–H groups in total. The van der Waals surface area contributed by atoms with Gasteiger partial charge in [-0.3, -0.25) is 4.21 Å². The van der Waals surface area contributed by atoms with Gasteiger partial charge >= 0.3 is 5.97 Å². The lowest BCUT2D eigenvalue weighted by atomic mass is 10.2. The Morgan fingerprint density at radius 2 is 2.00 bits per heavy atom. The van der Waals surface area contributed by atoms with Gasteiger partial charge in [-0.2, -0.15) is 0 Å². The molecule has 0 aromatic heterocycles. The van der Waals surface area contributed by atoms with Crippen LogP contribution in [-0.2, 0) is 10.8 Å². The van der Waals surface area contributed by atoms with Crippen LogP contribution in [0.2, 0.25) is 0 Å². The van der Waals surface area contributed by atoms with E-state index < -0.39 is 16.8 Å². The van der Waals surface area contributed by atoms with Gasteiger partial charge in [-0.25, -0.2) is 4.79 Å². The molecular formula is C12H17NO3S. The van der Waals surface area contributed by atoms with E-state index in [1.54, 1.807) is 30.5 Å². The molecule has 2 unspecified atom stereocenters. The van der Waals surface area contributed by atoms with Gasteiger partial charge in [0.2, 0.25) is 0 Å². The first kappa shape index (κ1) is 13.7. The van der Waals surface area contributed by atoms with Gasteiger partial charge in [-0.05, 0) is 30.7 Å². The molecule has 4 nitrogen and oxygen atoms in total. The Morgan fingerprint density at radius 3 is 2.47 bits per heavy atom. The SMILES string of the molecule is CC(CCNc1ccc(C(=O)O)cc1)S(C)=O. The smallest absolute Gasteiger partial charge is 0.335 e. The number of carboxylic acid groups (broad SMARTS) is 1. The maximum Gasteiger partial charge on any atom is 0.335 e. The highest BCUT2D eigenvalue weighted by Gasteiger charge is 2.05. The van der Waals surface area contributed by atoms with Crippen LogP contribution in [-0.4, -0.2) is 33.3 Å². The number of hydrogen-bond donors (Lipinski definition) is 2. The van der Waals surface area contributed by atoms with Crippen LogP contribution in [0.5, 0.6) is 0 Å². The fraction of sp³-hybridized carbons (Fsp3) is 0.417. The van der Waals surface area contributed by atoms with E-state index in [0.29, 0.717) is 0 Å². The van der Waals surface area contributed by atoms with E-state index in [9.17, 15) is 9.00 Å². The summed E-state index contributed by atoms with van der Waals surface area (Å²) in [5, 5.41) is 12.1. The molecule has 0 spiro atoms. The van der Waals surface area contributed by atoms with Crippen molar-refractivity contribution in [3.05, 3.63) is 29.8 Å². The molecule has 0 aliphatic carbocycles. The van der Waals surface area contributed by atoms with E-state index >= 15 is 0 Å². The molecule has 0 saturated heterocycles. The largest absolute Gasteiger partial charge is 0.478 e. The van der Waals surface area contributed by atoms with Gasteiger partial charge in [0.05, 0.1) is 5.56 Å². The Labute approximate surface area is 104 Å². The molecule has 0 bridgehead atoms. The molecule has 0 fully saturated rings. The molecule has 1 aromatic rings. The summed E-state index contributed by atoms with van der Waals surface area (Å²) in [4.78, 5) is 10.6. The zero-order valence-corrected chi connectivity index (χ0v) is 10.8. The van der Waals surface area contributed by atoms with Crippen molar-refractivity contribution in [3.8, 4) is 0 Å². The maximum atomic E-state index is 11.1. The Balaban J connectivity index is 2.42. The average molecular weight is 255 g/mol. The van der Waals surface area contributed by atoms with E-state index in [4.69, 9.17) is 5.11 Å². The molecule has 0 heterocycles. The molecule has 0 radical (unpaired) electrons. The van der Waals surface area contributed by atoms with Crippen LogP contribution in [0, 0.1) is 0 Å². The Kier molecular flexibility index (Phi) is 5.15. The summed E-state index contributed by atoms with van der Waals surface area (Å²) in [5.41, 5.74) is 1.16. The van der Waals surface area contributed by atoms with Gasteiger partial charge in [0.15, 0.2) is 0 Å². The molecular weight excluding hydrogens is 238 g/mol. The summed E-state index contributed by atoms with van der Waals surface area (Å²) >= 11 is 0. The number of carbonyl (C=O) groups is 1. The van der Waals surface area contributed by atoms with Crippen LogP contribution in [0.3, 0.4) is 0 Å². The zero-order valence-electron chi connectivity index (χ0n) is 9.97. The van der Waals surface area contributed by atoms with E-state index in [1.807, 2.05) is 6.92 Å². The highest BCUT2D eigenvalue weighted by molar-refractivity contribution is 7.84. The Morgan fingerprint density at radius 1 is 1.41 bits per heavy atom. The number of carboxylic acids is 1. The third-order valence-corrected chi connectivity index (χ3v) is 3.95. The lowest BCUT2D eigenvalue weighted by molar-refractivity contribution is 0.0697. The minimum Gasteiger partial charge on any atom is -0.478 e. The second kappa shape index (κ2) is 6.39. The van der Waals surface area contributed by atoms with Crippen LogP contribution in [0.1, 0.15) is 23.7 Å². The van der Waals surface area contributed by atoms with Crippen LogP contribution < -0.4 is 5.32 Å². The molecule has 17 heavy (non-hydrogen) atoms. The molecule has 94 valence electrons.